The van der Waals surface area contributed by atoms with Crippen molar-refractivity contribution >= 4 is 30.8 Å². The Hall–Kier alpha value is -0.200. The molecule has 0 saturated heterocycles. The third kappa shape index (κ3) is 2.68. The monoisotopic (exact) mass is 292 g/mol. The van der Waals surface area contributed by atoms with Gasteiger partial charge in [-0.05, 0) is 28.8 Å². The molecule has 0 bridgehead atoms. The standard InChI is InChI=1S/C9H13BrN2O2S/c10-8-6-15(13,14)9(12-8)5-11-7-3-1-2-4-7/h6-7,11H,1-5H2. The van der Waals surface area contributed by atoms with E-state index in [4.69, 9.17) is 0 Å². The molecule has 0 aromatic rings. The van der Waals surface area contributed by atoms with E-state index in [2.05, 4.69) is 26.2 Å². The minimum atomic E-state index is -3.25. The van der Waals surface area contributed by atoms with Crippen molar-refractivity contribution in [2.24, 2.45) is 4.99 Å². The van der Waals surface area contributed by atoms with E-state index in [1.807, 2.05) is 0 Å². The summed E-state index contributed by atoms with van der Waals surface area (Å²) in [4.78, 5) is 3.95. The zero-order valence-corrected chi connectivity index (χ0v) is 10.6. The molecule has 1 heterocycles. The maximum Gasteiger partial charge on any atom is 0.217 e. The van der Waals surface area contributed by atoms with Gasteiger partial charge < -0.3 is 5.32 Å². The Labute approximate surface area is 97.9 Å². The van der Waals surface area contributed by atoms with Crippen LogP contribution in [-0.4, -0.2) is 26.0 Å². The number of aliphatic imine (C=N–C) groups is 1. The Balaban J connectivity index is 1.93. The van der Waals surface area contributed by atoms with E-state index in [0.29, 0.717) is 17.2 Å². The number of rotatable bonds is 3. The zero-order chi connectivity index (χ0) is 10.9. The molecule has 84 valence electrons. The van der Waals surface area contributed by atoms with Gasteiger partial charge in [-0.25, -0.2) is 13.4 Å². The van der Waals surface area contributed by atoms with Crippen LogP contribution in [0.2, 0.25) is 0 Å². The van der Waals surface area contributed by atoms with Crippen LogP contribution in [0, 0.1) is 0 Å². The van der Waals surface area contributed by atoms with Gasteiger partial charge in [-0.1, -0.05) is 12.8 Å². The van der Waals surface area contributed by atoms with E-state index < -0.39 is 9.84 Å². The lowest BCUT2D eigenvalue weighted by atomic mass is 10.2. The van der Waals surface area contributed by atoms with Crippen LogP contribution in [0.3, 0.4) is 0 Å². The molecule has 2 rings (SSSR count). The van der Waals surface area contributed by atoms with Crippen LogP contribution >= 0.6 is 15.9 Å². The van der Waals surface area contributed by atoms with Gasteiger partial charge in [0.1, 0.15) is 4.61 Å². The van der Waals surface area contributed by atoms with Crippen molar-refractivity contribution in [1.29, 1.82) is 0 Å². The van der Waals surface area contributed by atoms with E-state index in [0.717, 1.165) is 18.2 Å². The number of nitrogens with one attached hydrogen (secondary N) is 1. The van der Waals surface area contributed by atoms with Gasteiger partial charge in [-0.3, -0.25) is 0 Å². The maximum atomic E-state index is 11.5. The lowest BCUT2D eigenvalue weighted by molar-refractivity contribution is 0.563. The van der Waals surface area contributed by atoms with Crippen LogP contribution in [0.4, 0.5) is 0 Å². The second kappa shape index (κ2) is 4.35. The summed E-state index contributed by atoms with van der Waals surface area (Å²) in [7, 11) is -3.25. The first-order valence-corrected chi connectivity index (χ1v) is 7.35. The summed E-state index contributed by atoms with van der Waals surface area (Å²) in [5.41, 5.74) is 0. The van der Waals surface area contributed by atoms with Crippen LogP contribution in [0.5, 0.6) is 0 Å². The van der Waals surface area contributed by atoms with Crippen molar-refractivity contribution in [2.75, 3.05) is 6.54 Å². The van der Waals surface area contributed by atoms with Crippen molar-refractivity contribution < 1.29 is 8.42 Å². The van der Waals surface area contributed by atoms with Gasteiger partial charge in [-0.2, -0.15) is 0 Å². The highest BCUT2D eigenvalue weighted by Crippen LogP contribution is 2.21. The first-order valence-electron chi connectivity index (χ1n) is 5.01. The predicted octanol–water partition coefficient (Wildman–Crippen LogP) is 1.54. The van der Waals surface area contributed by atoms with Crippen molar-refractivity contribution in [2.45, 2.75) is 31.7 Å². The maximum absolute atomic E-state index is 11.5. The van der Waals surface area contributed by atoms with Crippen molar-refractivity contribution in [3.8, 4) is 0 Å². The SMILES string of the molecule is O=S1(=O)C=C(Br)N=C1CNC1CCCC1. The largest absolute Gasteiger partial charge is 0.308 e. The van der Waals surface area contributed by atoms with Crippen molar-refractivity contribution in [3.05, 3.63) is 10.0 Å². The van der Waals surface area contributed by atoms with Gasteiger partial charge in [0.15, 0.2) is 5.04 Å². The Morgan fingerprint density at radius 2 is 2.13 bits per heavy atom. The van der Waals surface area contributed by atoms with Crippen LogP contribution in [0.1, 0.15) is 25.7 Å². The fraction of sp³-hybridized carbons (Fsp3) is 0.667. The van der Waals surface area contributed by atoms with E-state index in [9.17, 15) is 8.42 Å². The van der Waals surface area contributed by atoms with Gasteiger partial charge >= 0.3 is 0 Å². The molecule has 0 amide bonds. The molecule has 1 N–H and O–H groups in total. The van der Waals surface area contributed by atoms with E-state index in [-0.39, 0.29) is 5.04 Å². The fourth-order valence-electron chi connectivity index (χ4n) is 1.91. The highest BCUT2D eigenvalue weighted by atomic mass is 79.9. The summed E-state index contributed by atoms with van der Waals surface area (Å²) in [5.74, 6) is 0. The summed E-state index contributed by atoms with van der Waals surface area (Å²) in [6.45, 7) is 0.346. The summed E-state index contributed by atoms with van der Waals surface area (Å²) < 4.78 is 23.4. The summed E-state index contributed by atoms with van der Waals surface area (Å²) in [5, 5.41) is 4.61. The minimum absolute atomic E-state index is 0.223. The van der Waals surface area contributed by atoms with Crippen LogP contribution in [0.25, 0.3) is 0 Å². The highest BCUT2D eigenvalue weighted by Gasteiger charge is 2.25. The number of hydrogen-bond acceptors (Lipinski definition) is 4. The molecule has 0 unspecified atom stereocenters. The lowest BCUT2D eigenvalue weighted by Gasteiger charge is -2.10. The van der Waals surface area contributed by atoms with Crippen LogP contribution < -0.4 is 5.32 Å². The van der Waals surface area contributed by atoms with Crippen molar-refractivity contribution in [1.82, 2.24) is 5.32 Å². The molecule has 1 aliphatic carbocycles. The molecule has 4 nitrogen and oxygen atoms in total. The van der Waals surface area contributed by atoms with Gasteiger partial charge in [0, 0.05) is 12.6 Å². The van der Waals surface area contributed by atoms with Crippen LogP contribution in [-0.2, 0) is 9.84 Å². The average molecular weight is 293 g/mol. The van der Waals surface area contributed by atoms with Gasteiger partial charge in [-0.15, -0.1) is 0 Å². The summed E-state index contributed by atoms with van der Waals surface area (Å²) in [6.07, 6.45) is 4.75. The van der Waals surface area contributed by atoms with E-state index >= 15 is 0 Å². The molecule has 6 heteroatoms. The molecule has 1 fully saturated rings. The third-order valence-corrected chi connectivity index (χ3v) is 4.84. The fourth-order valence-corrected chi connectivity index (χ4v) is 3.93. The Morgan fingerprint density at radius 3 is 2.67 bits per heavy atom. The third-order valence-electron chi connectivity index (χ3n) is 2.71. The molecule has 0 radical (unpaired) electrons. The number of hydrogen-bond donors (Lipinski definition) is 1. The minimum Gasteiger partial charge on any atom is -0.308 e. The quantitative estimate of drug-likeness (QED) is 0.803. The molecular weight excluding hydrogens is 280 g/mol. The number of nitrogens with zero attached hydrogens (tertiary/aromatic N) is 1. The molecular formula is C9H13BrN2O2S. The molecule has 0 aromatic carbocycles. The first-order chi connectivity index (χ1) is 7.08. The van der Waals surface area contributed by atoms with Crippen LogP contribution in [0.15, 0.2) is 15.0 Å². The summed E-state index contributed by atoms with van der Waals surface area (Å²) in [6, 6.07) is 0.460. The first kappa shape index (κ1) is 11.3. The van der Waals surface area contributed by atoms with E-state index in [1.165, 1.54) is 12.8 Å². The highest BCUT2D eigenvalue weighted by molar-refractivity contribution is 9.11. The Bertz CT molecular complexity index is 408. The zero-order valence-electron chi connectivity index (χ0n) is 8.24. The second-order valence-corrected chi connectivity index (χ2v) is 6.46. The van der Waals surface area contributed by atoms with Gasteiger partial charge in [0.25, 0.3) is 0 Å². The second-order valence-electron chi connectivity index (χ2n) is 3.85. The number of halogens is 1. The molecule has 0 atom stereocenters. The van der Waals surface area contributed by atoms with E-state index in [1.54, 1.807) is 0 Å². The Morgan fingerprint density at radius 1 is 1.47 bits per heavy atom. The molecule has 15 heavy (non-hydrogen) atoms. The number of sulfone groups is 1. The molecule has 1 saturated carbocycles. The van der Waals surface area contributed by atoms with Crippen molar-refractivity contribution in [3.63, 3.8) is 0 Å². The normalized spacial score (nSPS) is 25.4. The Kier molecular flexibility index (Phi) is 3.27. The topological polar surface area (TPSA) is 58.5 Å². The van der Waals surface area contributed by atoms with Gasteiger partial charge in [0.05, 0.1) is 5.41 Å². The average Bonchev–Trinajstić information content (AvgIpc) is 2.70. The smallest absolute Gasteiger partial charge is 0.217 e. The molecule has 0 spiro atoms. The predicted molar refractivity (Wildman–Crippen MR) is 63.6 cm³/mol. The molecule has 1 aliphatic heterocycles. The summed E-state index contributed by atoms with van der Waals surface area (Å²) >= 11 is 3.07. The molecule has 0 aromatic heterocycles. The lowest BCUT2D eigenvalue weighted by Crippen LogP contribution is -2.33. The molecule has 2 aliphatic rings. The van der Waals surface area contributed by atoms with Gasteiger partial charge in [0.2, 0.25) is 9.84 Å².